The number of nitrogens with one attached hydrogen (secondary N) is 2. The van der Waals surface area contributed by atoms with Crippen LogP contribution in [-0.2, 0) is 9.59 Å². The Morgan fingerprint density at radius 1 is 0.792 bits per heavy atom. The van der Waals surface area contributed by atoms with Crippen LogP contribution in [0.4, 0.5) is 23.1 Å². The lowest BCUT2D eigenvalue weighted by Crippen LogP contribution is -2.53. The molecule has 4 aromatic rings. The maximum absolute atomic E-state index is 13.6. The summed E-state index contributed by atoms with van der Waals surface area (Å²) >= 11 is 0. The van der Waals surface area contributed by atoms with Crippen molar-refractivity contribution in [1.29, 1.82) is 0 Å². The number of nitrogens with zero attached hydrogens (tertiary/aromatic N) is 7. The fraction of sp³-hybridized carbons (Fsp3) is 0.475. The Morgan fingerprint density at radius 3 is 2.15 bits per heavy atom. The van der Waals surface area contributed by atoms with Crippen LogP contribution < -0.4 is 26.0 Å². The number of aromatic nitrogens is 4. The molecule has 1 aromatic carbocycles. The van der Waals surface area contributed by atoms with E-state index in [-0.39, 0.29) is 40.7 Å². The van der Waals surface area contributed by atoms with Gasteiger partial charge in [0.05, 0.1) is 23.4 Å². The first-order valence-corrected chi connectivity index (χ1v) is 19.1. The first-order chi connectivity index (χ1) is 25.7. The molecule has 0 bridgehead atoms. The number of pyridine rings is 2. The summed E-state index contributed by atoms with van der Waals surface area (Å²) in [5.41, 5.74) is 4.38. The van der Waals surface area contributed by atoms with E-state index in [4.69, 9.17) is 4.98 Å². The van der Waals surface area contributed by atoms with Crippen molar-refractivity contribution in [3.8, 4) is 0 Å². The molecule has 3 aromatic heterocycles. The number of benzene rings is 1. The number of anilines is 4. The highest BCUT2D eigenvalue weighted by molar-refractivity contribution is 6.01. The second-order valence-electron chi connectivity index (χ2n) is 15.0. The van der Waals surface area contributed by atoms with Crippen molar-refractivity contribution in [2.75, 3.05) is 54.4 Å². The molecule has 3 aliphatic heterocycles. The van der Waals surface area contributed by atoms with Crippen LogP contribution in [0.15, 0.2) is 53.6 Å². The molecule has 3 saturated heterocycles. The van der Waals surface area contributed by atoms with Crippen molar-refractivity contribution in [2.24, 2.45) is 0 Å². The van der Waals surface area contributed by atoms with E-state index in [0.717, 1.165) is 94.4 Å². The average molecular weight is 718 g/mol. The number of hydrogen-bond acceptors (Lipinski definition) is 11. The third-order valence-electron chi connectivity index (χ3n) is 11.8. The van der Waals surface area contributed by atoms with E-state index in [1.807, 2.05) is 24.4 Å². The number of amides is 2. The molecule has 276 valence electrons. The van der Waals surface area contributed by atoms with E-state index in [9.17, 15) is 19.2 Å². The number of rotatable bonds is 8. The number of ketones is 1. The van der Waals surface area contributed by atoms with Crippen LogP contribution in [-0.4, -0.2) is 87.3 Å². The second-order valence-corrected chi connectivity index (χ2v) is 15.0. The number of aryl methyl sites for hydroxylation is 1. The highest BCUT2D eigenvalue weighted by Crippen LogP contribution is 2.33. The summed E-state index contributed by atoms with van der Waals surface area (Å²) in [5.74, 6) is 0.127. The minimum absolute atomic E-state index is 0.0233. The highest BCUT2D eigenvalue weighted by Gasteiger charge is 2.30. The van der Waals surface area contributed by atoms with Crippen LogP contribution in [0.5, 0.6) is 0 Å². The van der Waals surface area contributed by atoms with Gasteiger partial charge < -0.3 is 15.1 Å². The molecule has 6 heterocycles. The fourth-order valence-corrected chi connectivity index (χ4v) is 8.83. The van der Waals surface area contributed by atoms with Crippen molar-refractivity contribution in [2.45, 2.75) is 83.2 Å². The van der Waals surface area contributed by atoms with Crippen molar-refractivity contribution in [3.05, 3.63) is 75.8 Å². The Hall–Kier alpha value is -5.17. The first-order valence-electron chi connectivity index (χ1n) is 19.1. The predicted octanol–water partition coefficient (Wildman–Crippen LogP) is 4.87. The zero-order chi connectivity index (χ0) is 36.6. The van der Waals surface area contributed by atoms with Crippen LogP contribution in [0, 0.1) is 6.92 Å². The molecule has 0 radical (unpaired) electrons. The molecule has 13 nitrogen and oxygen atoms in total. The van der Waals surface area contributed by atoms with Gasteiger partial charge in [0.2, 0.25) is 17.8 Å². The molecular formula is C40H47N9O4. The quantitative estimate of drug-likeness (QED) is 0.190. The van der Waals surface area contributed by atoms with Gasteiger partial charge >= 0.3 is 0 Å². The van der Waals surface area contributed by atoms with E-state index >= 15 is 0 Å². The van der Waals surface area contributed by atoms with Gasteiger partial charge in [0.1, 0.15) is 11.5 Å². The van der Waals surface area contributed by atoms with Crippen molar-refractivity contribution >= 4 is 51.8 Å². The first kappa shape index (κ1) is 34.9. The minimum Gasteiger partial charge on any atom is -0.371 e. The molecule has 13 heteroatoms. The Balaban J connectivity index is 0.857. The van der Waals surface area contributed by atoms with Gasteiger partial charge in [0, 0.05) is 75.0 Å². The maximum atomic E-state index is 13.6. The minimum atomic E-state index is -0.261. The van der Waals surface area contributed by atoms with Crippen molar-refractivity contribution in [1.82, 2.24) is 29.7 Å². The Kier molecular flexibility index (Phi) is 9.67. The SMILES string of the molecule is CC(=O)c1c(C)c2cnc(Nc3ccc(N4CCN(C5CCN(c6ccc(C7CCC(=O)NC7=O)cc6)CC5)CC4)cn3)nc2n(C2CCCC2)c1=O. The molecule has 0 spiro atoms. The number of imide groups is 1. The molecule has 4 aliphatic rings. The monoisotopic (exact) mass is 717 g/mol. The van der Waals surface area contributed by atoms with Gasteiger partial charge in [-0.15, -0.1) is 0 Å². The summed E-state index contributed by atoms with van der Waals surface area (Å²) in [7, 11) is 0. The molecule has 8 rings (SSSR count). The number of piperidine rings is 2. The van der Waals surface area contributed by atoms with Gasteiger partial charge in [-0.25, -0.2) is 9.97 Å². The largest absolute Gasteiger partial charge is 0.371 e. The summed E-state index contributed by atoms with van der Waals surface area (Å²) in [6, 6.07) is 12.9. The predicted molar refractivity (Wildman–Crippen MR) is 204 cm³/mol. The van der Waals surface area contributed by atoms with Gasteiger partial charge in [-0.1, -0.05) is 25.0 Å². The molecule has 1 saturated carbocycles. The molecule has 4 fully saturated rings. The smallest absolute Gasteiger partial charge is 0.263 e. The average Bonchev–Trinajstić information content (AvgIpc) is 3.70. The summed E-state index contributed by atoms with van der Waals surface area (Å²) in [4.78, 5) is 71.3. The Labute approximate surface area is 308 Å². The number of carbonyl (C=O) groups excluding carboxylic acids is 3. The topological polar surface area (TPSA) is 146 Å². The third-order valence-corrected chi connectivity index (χ3v) is 11.8. The Morgan fingerprint density at radius 2 is 1.49 bits per heavy atom. The third kappa shape index (κ3) is 7.01. The molecule has 1 atom stereocenters. The van der Waals surface area contributed by atoms with Gasteiger partial charge in [-0.3, -0.25) is 34.0 Å². The molecule has 1 unspecified atom stereocenters. The van der Waals surface area contributed by atoms with Crippen LogP contribution in [0.3, 0.4) is 0 Å². The highest BCUT2D eigenvalue weighted by atomic mass is 16.2. The maximum Gasteiger partial charge on any atom is 0.263 e. The van der Waals surface area contributed by atoms with Gasteiger partial charge in [0.25, 0.3) is 5.56 Å². The van der Waals surface area contributed by atoms with E-state index in [1.165, 1.54) is 12.6 Å². The normalized spacial score (nSPS) is 20.6. The van der Waals surface area contributed by atoms with E-state index < -0.39 is 0 Å². The fourth-order valence-electron chi connectivity index (χ4n) is 8.83. The standard InChI is InChI=1S/C40H47N9O4/c1-25-33-24-42-40(45-37(33)49(30-5-3-4-6-30)39(53)36(25)26(2)50)43-34-13-11-31(23-41-34)48-21-19-47(20-22-48)29-15-17-46(18-16-29)28-9-7-27(8-10-28)32-12-14-35(51)44-38(32)52/h7-11,13,23-24,29-30,32H,3-6,12,14-22H2,1-2H3,(H,44,51,52)(H,41,42,43,45). The van der Waals surface area contributed by atoms with Crippen molar-refractivity contribution < 1.29 is 14.4 Å². The molecule has 2 amide bonds. The number of Topliss-reactive ketones (excluding diaryl/α,β-unsaturated/α-hetero) is 1. The van der Waals surface area contributed by atoms with Crippen LogP contribution >= 0.6 is 0 Å². The van der Waals surface area contributed by atoms with E-state index in [0.29, 0.717) is 41.9 Å². The number of piperazine rings is 1. The molecule has 53 heavy (non-hydrogen) atoms. The zero-order valence-electron chi connectivity index (χ0n) is 30.5. The van der Waals surface area contributed by atoms with Gasteiger partial charge in [0.15, 0.2) is 5.78 Å². The Bertz CT molecular complexity index is 2080. The van der Waals surface area contributed by atoms with Gasteiger partial charge in [-0.2, -0.15) is 4.98 Å². The summed E-state index contributed by atoms with van der Waals surface area (Å²) < 4.78 is 1.73. The second kappa shape index (κ2) is 14.7. The number of fused-ring (bicyclic) bond motifs is 1. The van der Waals surface area contributed by atoms with E-state index in [2.05, 4.69) is 53.5 Å². The number of carbonyl (C=O) groups is 3. The number of hydrogen-bond donors (Lipinski definition) is 2. The summed E-state index contributed by atoms with van der Waals surface area (Å²) in [6.45, 7) is 9.12. The van der Waals surface area contributed by atoms with Crippen LogP contribution in [0.2, 0.25) is 0 Å². The van der Waals surface area contributed by atoms with Crippen molar-refractivity contribution in [3.63, 3.8) is 0 Å². The van der Waals surface area contributed by atoms with E-state index in [1.54, 1.807) is 17.7 Å². The lowest BCUT2D eigenvalue weighted by molar-refractivity contribution is -0.134. The lowest BCUT2D eigenvalue weighted by atomic mass is 9.90. The lowest BCUT2D eigenvalue weighted by Gasteiger charge is -2.43. The molecule has 2 N–H and O–H groups in total. The van der Waals surface area contributed by atoms with Gasteiger partial charge in [-0.05, 0) is 81.3 Å². The molecule has 1 aliphatic carbocycles. The zero-order valence-corrected chi connectivity index (χ0v) is 30.5. The molecular weight excluding hydrogens is 670 g/mol. The van der Waals surface area contributed by atoms with Crippen LogP contribution in [0.1, 0.15) is 91.7 Å². The summed E-state index contributed by atoms with van der Waals surface area (Å²) in [6.07, 6.45) is 10.7. The van der Waals surface area contributed by atoms with Crippen LogP contribution in [0.25, 0.3) is 11.0 Å². The summed E-state index contributed by atoms with van der Waals surface area (Å²) in [5, 5.41) is 6.42.